The standard InChI is InChI=1S/C25H37IO2/c1-17-8-9-20(23(27)14-17)19-12-13-25(2)22(21(19)15-26)10-11-24(25)28-16-18-6-4-3-5-7-18/h3-7,17,19-24,27H,8-16H2,1-2H3/t17-,19+,20+,21+,22-,23-,24-,25-/m0/s1. The van der Waals surface area contributed by atoms with Crippen LogP contribution in [0.5, 0.6) is 0 Å². The van der Waals surface area contributed by atoms with Gasteiger partial charge in [-0.1, -0.05) is 73.2 Å². The highest BCUT2D eigenvalue weighted by Gasteiger charge is 2.55. The molecule has 1 aromatic rings. The number of fused-ring (bicyclic) bond motifs is 1. The summed E-state index contributed by atoms with van der Waals surface area (Å²) in [4.78, 5) is 0. The highest BCUT2D eigenvalue weighted by molar-refractivity contribution is 14.1. The molecule has 0 amide bonds. The van der Waals surface area contributed by atoms with Gasteiger partial charge < -0.3 is 9.84 Å². The van der Waals surface area contributed by atoms with Crippen molar-refractivity contribution in [3.05, 3.63) is 35.9 Å². The van der Waals surface area contributed by atoms with Crippen molar-refractivity contribution in [2.45, 2.75) is 77.6 Å². The van der Waals surface area contributed by atoms with Gasteiger partial charge in [-0.25, -0.2) is 0 Å². The van der Waals surface area contributed by atoms with Gasteiger partial charge in [-0.15, -0.1) is 0 Å². The number of alkyl halides is 1. The van der Waals surface area contributed by atoms with Gasteiger partial charge in [0.05, 0.1) is 18.8 Å². The van der Waals surface area contributed by atoms with Crippen molar-refractivity contribution in [3.8, 4) is 0 Å². The Kier molecular flexibility index (Phi) is 6.74. The molecule has 0 aliphatic heterocycles. The zero-order valence-electron chi connectivity index (χ0n) is 17.5. The van der Waals surface area contributed by atoms with E-state index in [2.05, 4.69) is 66.8 Å². The lowest BCUT2D eigenvalue weighted by molar-refractivity contribution is -0.0938. The minimum absolute atomic E-state index is 0.0740. The van der Waals surface area contributed by atoms with E-state index in [9.17, 15) is 5.11 Å². The molecule has 0 spiro atoms. The van der Waals surface area contributed by atoms with Crippen molar-refractivity contribution >= 4 is 22.6 Å². The summed E-state index contributed by atoms with van der Waals surface area (Å²) in [6, 6.07) is 10.6. The molecule has 3 heteroatoms. The van der Waals surface area contributed by atoms with Gasteiger partial charge in [-0.3, -0.25) is 0 Å². The number of aliphatic hydroxyl groups excluding tert-OH is 1. The van der Waals surface area contributed by atoms with Crippen LogP contribution in [0.2, 0.25) is 0 Å². The minimum atomic E-state index is -0.0740. The Labute approximate surface area is 185 Å². The number of hydrogen-bond acceptors (Lipinski definition) is 2. The average molecular weight is 496 g/mol. The van der Waals surface area contributed by atoms with Crippen LogP contribution in [0.15, 0.2) is 30.3 Å². The molecule has 3 fully saturated rings. The molecule has 3 saturated carbocycles. The van der Waals surface area contributed by atoms with Crippen LogP contribution in [0, 0.1) is 35.0 Å². The summed E-state index contributed by atoms with van der Waals surface area (Å²) in [6.07, 6.45) is 8.93. The van der Waals surface area contributed by atoms with Gasteiger partial charge in [0.2, 0.25) is 0 Å². The molecule has 3 aliphatic carbocycles. The number of halogens is 1. The SMILES string of the molecule is C[C@H]1CC[C@H]([C@H]2CC[C@]3(C)[C@@H](OCc4ccccc4)CC[C@H]3[C@@H]2CI)[C@@H](O)C1. The largest absolute Gasteiger partial charge is 0.393 e. The number of ether oxygens (including phenoxy) is 1. The first-order valence-electron chi connectivity index (χ1n) is 11.4. The molecular weight excluding hydrogens is 459 g/mol. The second kappa shape index (κ2) is 8.93. The van der Waals surface area contributed by atoms with Crippen LogP contribution in [-0.2, 0) is 11.3 Å². The second-order valence-electron chi connectivity index (χ2n) is 10.1. The Morgan fingerprint density at radius 2 is 1.86 bits per heavy atom. The van der Waals surface area contributed by atoms with Crippen LogP contribution < -0.4 is 0 Å². The van der Waals surface area contributed by atoms with Gasteiger partial charge in [-0.05, 0) is 79.1 Å². The zero-order valence-corrected chi connectivity index (χ0v) is 19.7. The number of hydrogen-bond donors (Lipinski definition) is 1. The van der Waals surface area contributed by atoms with Crippen molar-refractivity contribution in [3.63, 3.8) is 0 Å². The summed E-state index contributed by atoms with van der Waals surface area (Å²) in [5, 5.41) is 10.8. The summed E-state index contributed by atoms with van der Waals surface area (Å²) >= 11 is 2.63. The Bertz CT molecular complexity index is 635. The van der Waals surface area contributed by atoms with Gasteiger partial charge in [-0.2, -0.15) is 0 Å². The van der Waals surface area contributed by atoms with Crippen molar-refractivity contribution in [1.82, 2.24) is 0 Å². The molecule has 0 saturated heterocycles. The molecule has 4 rings (SSSR count). The molecule has 0 radical (unpaired) electrons. The van der Waals surface area contributed by atoms with Crippen LogP contribution in [0.3, 0.4) is 0 Å². The molecule has 0 aromatic heterocycles. The third-order valence-corrected chi connectivity index (χ3v) is 9.58. The van der Waals surface area contributed by atoms with E-state index in [1.54, 1.807) is 0 Å². The van der Waals surface area contributed by atoms with Crippen LogP contribution in [0.4, 0.5) is 0 Å². The summed E-state index contributed by atoms with van der Waals surface area (Å²) in [7, 11) is 0. The average Bonchev–Trinajstić information content (AvgIpc) is 3.03. The highest BCUT2D eigenvalue weighted by Crippen LogP contribution is 2.59. The Morgan fingerprint density at radius 3 is 2.57 bits per heavy atom. The predicted molar refractivity (Wildman–Crippen MR) is 123 cm³/mol. The summed E-state index contributed by atoms with van der Waals surface area (Å²) < 4.78 is 7.75. The molecule has 2 nitrogen and oxygen atoms in total. The number of benzene rings is 1. The predicted octanol–water partition coefficient (Wildman–Crippen LogP) is 6.25. The fourth-order valence-corrected chi connectivity index (χ4v) is 8.21. The Balaban J connectivity index is 1.45. The molecule has 1 N–H and O–H groups in total. The fourth-order valence-electron chi connectivity index (χ4n) is 6.94. The molecule has 0 bridgehead atoms. The van der Waals surface area contributed by atoms with Crippen molar-refractivity contribution < 1.29 is 9.84 Å². The van der Waals surface area contributed by atoms with E-state index in [1.807, 2.05) is 0 Å². The molecule has 8 atom stereocenters. The van der Waals surface area contributed by atoms with E-state index in [0.29, 0.717) is 29.3 Å². The van der Waals surface area contributed by atoms with Crippen molar-refractivity contribution in [2.24, 2.45) is 35.0 Å². The summed E-state index contributed by atoms with van der Waals surface area (Å²) in [5.74, 6) is 3.45. The van der Waals surface area contributed by atoms with Crippen LogP contribution in [0.25, 0.3) is 0 Å². The first kappa shape index (κ1) is 21.1. The van der Waals surface area contributed by atoms with Crippen LogP contribution >= 0.6 is 22.6 Å². The van der Waals surface area contributed by atoms with E-state index in [0.717, 1.165) is 24.9 Å². The number of aliphatic hydroxyl groups is 1. The molecular formula is C25H37IO2. The molecule has 0 heterocycles. The van der Waals surface area contributed by atoms with Gasteiger partial charge in [0.25, 0.3) is 0 Å². The quantitative estimate of drug-likeness (QED) is 0.386. The lowest BCUT2D eigenvalue weighted by Crippen LogP contribution is -2.48. The van der Waals surface area contributed by atoms with E-state index >= 15 is 0 Å². The molecule has 0 unspecified atom stereocenters. The molecule has 156 valence electrons. The van der Waals surface area contributed by atoms with E-state index in [-0.39, 0.29) is 6.10 Å². The second-order valence-corrected chi connectivity index (χ2v) is 11.0. The normalized spacial score (nSPS) is 43.6. The topological polar surface area (TPSA) is 29.5 Å². The lowest BCUT2D eigenvalue weighted by atomic mass is 9.56. The minimum Gasteiger partial charge on any atom is -0.393 e. The maximum atomic E-state index is 10.8. The van der Waals surface area contributed by atoms with E-state index in [1.165, 1.54) is 48.5 Å². The van der Waals surface area contributed by atoms with E-state index < -0.39 is 0 Å². The Morgan fingerprint density at radius 1 is 1.07 bits per heavy atom. The first-order chi connectivity index (χ1) is 13.5. The van der Waals surface area contributed by atoms with Crippen LogP contribution in [-0.4, -0.2) is 21.7 Å². The highest BCUT2D eigenvalue weighted by atomic mass is 127. The third-order valence-electron chi connectivity index (χ3n) is 8.56. The zero-order chi connectivity index (χ0) is 19.7. The van der Waals surface area contributed by atoms with Crippen LogP contribution in [0.1, 0.15) is 64.4 Å². The van der Waals surface area contributed by atoms with Crippen molar-refractivity contribution in [1.29, 1.82) is 0 Å². The smallest absolute Gasteiger partial charge is 0.0720 e. The van der Waals surface area contributed by atoms with Crippen molar-refractivity contribution in [2.75, 3.05) is 4.43 Å². The maximum Gasteiger partial charge on any atom is 0.0720 e. The lowest BCUT2D eigenvalue weighted by Gasteiger charge is -2.51. The van der Waals surface area contributed by atoms with Gasteiger partial charge in [0.1, 0.15) is 0 Å². The maximum absolute atomic E-state index is 10.8. The number of rotatable bonds is 5. The fraction of sp³-hybridized carbons (Fsp3) is 0.760. The first-order valence-corrected chi connectivity index (χ1v) is 12.9. The van der Waals surface area contributed by atoms with Gasteiger partial charge in [0.15, 0.2) is 0 Å². The molecule has 3 aliphatic rings. The summed E-state index contributed by atoms with van der Waals surface area (Å²) in [6.45, 7) is 5.55. The van der Waals surface area contributed by atoms with E-state index in [4.69, 9.17) is 4.74 Å². The van der Waals surface area contributed by atoms with Gasteiger partial charge in [0, 0.05) is 4.43 Å². The third kappa shape index (κ3) is 4.05. The summed E-state index contributed by atoms with van der Waals surface area (Å²) in [5.41, 5.74) is 1.60. The Hall–Kier alpha value is -0.130. The molecule has 28 heavy (non-hydrogen) atoms. The van der Waals surface area contributed by atoms with Gasteiger partial charge >= 0.3 is 0 Å². The monoisotopic (exact) mass is 496 g/mol. The molecule has 1 aromatic carbocycles.